The molecule has 1 amide bonds. The average Bonchev–Trinajstić information content (AvgIpc) is 2.52. The Morgan fingerprint density at radius 3 is 3.15 bits per heavy atom. The molecule has 13 heavy (non-hydrogen) atoms. The second kappa shape index (κ2) is 3.33. The predicted octanol–water partition coefficient (Wildman–Crippen LogP) is 1.62. The number of aromatic nitrogens is 1. The topological polar surface area (TPSA) is 51.2 Å². The fraction of sp³-hybridized carbons (Fsp3) is 0.250. The van der Waals surface area contributed by atoms with Crippen LogP contribution in [0.4, 0.5) is 4.79 Å². The van der Waals surface area contributed by atoms with Crippen molar-refractivity contribution in [2.75, 3.05) is 6.61 Å². The molecule has 0 aromatic carbocycles. The van der Waals surface area contributed by atoms with E-state index in [0.29, 0.717) is 6.61 Å². The number of rotatable bonds is 1. The third kappa shape index (κ3) is 1.80. The van der Waals surface area contributed by atoms with Crippen molar-refractivity contribution in [1.82, 2.24) is 10.3 Å². The Balaban J connectivity index is 2.21. The van der Waals surface area contributed by atoms with Crippen molar-refractivity contribution in [2.24, 2.45) is 0 Å². The Hall–Kier alpha value is -1.10. The molecule has 1 atom stereocenters. The fourth-order valence-corrected chi connectivity index (χ4v) is 1.58. The molecular formula is C8H7BrN2O2. The molecular weight excluding hydrogens is 236 g/mol. The molecule has 1 aliphatic heterocycles. The average molecular weight is 243 g/mol. The Morgan fingerprint density at radius 2 is 2.54 bits per heavy atom. The normalized spacial score (nSPS) is 21.0. The second-order valence-corrected chi connectivity index (χ2v) is 3.52. The zero-order valence-corrected chi connectivity index (χ0v) is 8.24. The lowest BCUT2D eigenvalue weighted by molar-refractivity contribution is 0.177. The highest BCUT2D eigenvalue weighted by Crippen LogP contribution is 2.19. The number of halogens is 1. The molecule has 2 rings (SSSR count). The Kier molecular flexibility index (Phi) is 2.18. The lowest BCUT2D eigenvalue weighted by Crippen LogP contribution is -2.18. The molecule has 4 nitrogen and oxygen atoms in total. The van der Waals surface area contributed by atoms with Crippen LogP contribution in [0.5, 0.6) is 0 Å². The number of cyclic esters (lactones) is 1. The van der Waals surface area contributed by atoms with E-state index in [1.807, 2.05) is 12.1 Å². The molecule has 1 saturated heterocycles. The summed E-state index contributed by atoms with van der Waals surface area (Å²) in [6, 6.07) is 3.66. The number of alkyl carbamates (subject to hydrolysis) is 1. The highest BCUT2D eigenvalue weighted by Gasteiger charge is 2.23. The first-order valence-corrected chi connectivity index (χ1v) is 4.60. The van der Waals surface area contributed by atoms with Gasteiger partial charge in [-0.2, -0.15) is 0 Å². The van der Waals surface area contributed by atoms with E-state index in [1.54, 1.807) is 6.20 Å². The summed E-state index contributed by atoms with van der Waals surface area (Å²) in [6.07, 6.45) is 1.32. The highest BCUT2D eigenvalue weighted by atomic mass is 79.9. The largest absolute Gasteiger partial charge is 0.447 e. The summed E-state index contributed by atoms with van der Waals surface area (Å²) in [6.45, 7) is 0.384. The molecule has 1 aromatic heterocycles. The summed E-state index contributed by atoms with van der Waals surface area (Å²) in [5, 5.41) is 2.69. The van der Waals surface area contributed by atoms with Gasteiger partial charge in [0.2, 0.25) is 0 Å². The number of pyridine rings is 1. The Morgan fingerprint density at radius 1 is 1.69 bits per heavy atom. The molecule has 0 spiro atoms. The third-order valence-corrected chi connectivity index (χ3v) is 2.26. The monoisotopic (exact) mass is 242 g/mol. The minimum absolute atomic E-state index is 0.0493. The van der Waals surface area contributed by atoms with Gasteiger partial charge in [-0.05, 0) is 33.6 Å². The van der Waals surface area contributed by atoms with E-state index in [0.717, 1.165) is 10.2 Å². The molecule has 68 valence electrons. The van der Waals surface area contributed by atoms with Crippen LogP contribution in [0, 0.1) is 0 Å². The van der Waals surface area contributed by atoms with Crippen molar-refractivity contribution in [1.29, 1.82) is 0 Å². The number of nitrogens with one attached hydrogen (secondary N) is 1. The quantitative estimate of drug-likeness (QED) is 0.762. The van der Waals surface area contributed by atoms with Gasteiger partial charge in [0.05, 0.1) is 6.04 Å². The summed E-state index contributed by atoms with van der Waals surface area (Å²) >= 11 is 3.26. The van der Waals surface area contributed by atoms with Crippen molar-refractivity contribution < 1.29 is 9.53 Å². The summed E-state index contributed by atoms with van der Waals surface area (Å²) in [5.41, 5.74) is 0.993. The van der Waals surface area contributed by atoms with Crippen LogP contribution < -0.4 is 5.32 Å². The van der Waals surface area contributed by atoms with Gasteiger partial charge < -0.3 is 10.1 Å². The maximum atomic E-state index is 10.8. The summed E-state index contributed by atoms with van der Waals surface area (Å²) in [5.74, 6) is 0. The van der Waals surface area contributed by atoms with E-state index in [-0.39, 0.29) is 12.1 Å². The van der Waals surface area contributed by atoms with Crippen molar-refractivity contribution in [3.63, 3.8) is 0 Å². The molecule has 1 fully saturated rings. The zero-order chi connectivity index (χ0) is 9.26. The van der Waals surface area contributed by atoms with Gasteiger partial charge in [0.15, 0.2) is 0 Å². The standard InChI is InChI=1S/C8H7BrN2O2/c9-7-3-5(1-2-10-7)6-4-13-8(12)11-6/h1-3,6H,4H2,(H,11,12)/t6-/m1/s1. The van der Waals surface area contributed by atoms with Crippen molar-refractivity contribution in [2.45, 2.75) is 6.04 Å². The smallest absolute Gasteiger partial charge is 0.407 e. The van der Waals surface area contributed by atoms with Gasteiger partial charge in [0.1, 0.15) is 11.2 Å². The van der Waals surface area contributed by atoms with Gasteiger partial charge in [-0.3, -0.25) is 0 Å². The van der Waals surface area contributed by atoms with E-state index in [4.69, 9.17) is 4.74 Å². The predicted molar refractivity (Wildman–Crippen MR) is 49.2 cm³/mol. The van der Waals surface area contributed by atoms with Crippen LogP contribution in [0.3, 0.4) is 0 Å². The molecule has 2 heterocycles. The van der Waals surface area contributed by atoms with E-state index in [2.05, 4.69) is 26.2 Å². The molecule has 0 unspecified atom stereocenters. The lowest BCUT2D eigenvalue weighted by atomic mass is 10.1. The summed E-state index contributed by atoms with van der Waals surface area (Å²) < 4.78 is 5.53. The summed E-state index contributed by atoms with van der Waals surface area (Å²) in [7, 11) is 0. The molecule has 0 radical (unpaired) electrons. The van der Waals surface area contributed by atoms with Gasteiger partial charge in [-0.1, -0.05) is 0 Å². The molecule has 0 saturated carbocycles. The molecule has 0 bridgehead atoms. The van der Waals surface area contributed by atoms with Crippen LogP contribution in [0.25, 0.3) is 0 Å². The first kappa shape index (κ1) is 8.50. The van der Waals surface area contributed by atoms with Crippen LogP contribution in [-0.4, -0.2) is 17.7 Å². The molecule has 0 aliphatic carbocycles. The molecule has 1 N–H and O–H groups in total. The van der Waals surface area contributed by atoms with Gasteiger partial charge in [-0.25, -0.2) is 9.78 Å². The first-order chi connectivity index (χ1) is 6.25. The molecule has 5 heteroatoms. The van der Waals surface area contributed by atoms with Crippen molar-refractivity contribution in [3.05, 3.63) is 28.5 Å². The number of amides is 1. The minimum Gasteiger partial charge on any atom is -0.447 e. The van der Waals surface area contributed by atoms with E-state index in [9.17, 15) is 4.79 Å². The maximum Gasteiger partial charge on any atom is 0.407 e. The van der Waals surface area contributed by atoms with Crippen molar-refractivity contribution >= 4 is 22.0 Å². The third-order valence-electron chi connectivity index (χ3n) is 1.83. The minimum atomic E-state index is -0.363. The number of nitrogens with zero attached hydrogens (tertiary/aromatic N) is 1. The zero-order valence-electron chi connectivity index (χ0n) is 6.66. The Bertz CT molecular complexity index is 343. The number of carbonyl (C=O) groups is 1. The van der Waals surface area contributed by atoms with Crippen molar-refractivity contribution in [3.8, 4) is 0 Å². The Labute approximate surface area is 83.4 Å². The van der Waals surface area contributed by atoms with Gasteiger partial charge in [0, 0.05) is 6.20 Å². The number of hydrogen-bond donors (Lipinski definition) is 1. The highest BCUT2D eigenvalue weighted by molar-refractivity contribution is 9.10. The number of ether oxygens (including phenoxy) is 1. The number of hydrogen-bond acceptors (Lipinski definition) is 3. The van der Waals surface area contributed by atoms with Gasteiger partial charge >= 0.3 is 6.09 Å². The van der Waals surface area contributed by atoms with E-state index < -0.39 is 0 Å². The van der Waals surface area contributed by atoms with Crippen LogP contribution >= 0.6 is 15.9 Å². The maximum absolute atomic E-state index is 10.8. The van der Waals surface area contributed by atoms with Crippen LogP contribution in [-0.2, 0) is 4.74 Å². The lowest BCUT2D eigenvalue weighted by Gasteiger charge is -2.06. The first-order valence-electron chi connectivity index (χ1n) is 3.80. The van der Waals surface area contributed by atoms with E-state index >= 15 is 0 Å². The molecule has 1 aromatic rings. The number of carbonyl (C=O) groups excluding carboxylic acids is 1. The van der Waals surface area contributed by atoms with Crippen LogP contribution in [0.1, 0.15) is 11.6 Å². The fourth-order valence-electron chi connectivity index (χ4n) is 1.20. The SMILES string of the molecule is O=C1N[C@@H](c2ccnc(Br)c2)CO1. The molecule has 1 aliphatic rings. The van der Waals surface area contributed by atoms with Gasteiger partial charge in [-0.15, -0.1) is 0 Å². The van der Waals surface area contributed by atoms with Crippen LogP contribution in [0.2, 0.25) is 0 Å². The van der Waals surface area contributed by atoms with E-state index in [1.165, 1.54) is 0 Å². The van der Waals surface area contributed by atoms with Crippen LogP contribution in [0.15, 0.2) is 22.9 Å². The second-order valence-electron chi connectivity index (χ2n) is 2.71. The van der Waals surface area contributed by atoms with Gasteiger partial charge in [0.25, 0.3) is 0 Å². The summed E-state index contributed by atoms with van der Waals surface area (Å²) in [4.78, 5) is 14.7.